The van der Waals surface area contributed by atoms with Crippen molar-refractivity contribution in [2.45, 2.75) is 135 Å². The number of carbonyl (C=O) groups excluding carboxylic acids is 1. The van der Waals surface area contributed by atoms with Crippen molar-refractivity contribution in [1.82, 2.24) is 5.32 Å². The predicted molar refractivity (Wildman–Crippen MR) is 196 cm³/mol. The van der Waals surface area contributed by atoms with Gasteiger partial charge in [-0.15, -0.1) is 0 Å². The maximum Gasteiger partial charge on any atom is 0.268 e. The lowest BCUT2D eigenvalue weighted by atomic mass is 10.1. The first kappa shape index (κ1) is 45.2. The fourth-order valence-electron chi connectivity index (χ4n) is 4.54. The lowest BCUT2D eigenvalue weighted by molar-refractivity contribution is -0.870. The maximum absolute atomic E-state index is 12.6. The summed E-state index contributed by atoms with van der Waals surface area (Å²) in [5.41, 5.74) is 0. The third-order valence-corrected chi connectivity index (χ3v) is 8.45. The van der Waals surface area contributed by atoms with Crippen LogP contribution in [0.1, 0.15) is 123 Å². The van der Waals surface area contributed by atoms with Gasteiger partial charge in [-0.05, 0) is 51.4 Å². The molecule has 0 aromatic rings. The van der Waals surface area contributed by atoms with Gasteiger partial charge in [-0.1, -0.05) is 126 Å². The van der Waals surface area contributed by atoms with Crippen molar-refractivity contribution in [3.05, 3.63) is 60.8 Å². The quantitative estimate of drug-likeness (QED) is 0.0329. The van der Waals surface area contributed by atoms with Crippen molar-refractivity contribution < 1.29 is 32.9 Å². The number of aliphatic hydroxyl groups is 1. The summed E-state index contributed by atoms with van der Waals surface area (Å²) < 4.78 is 22.8. The van der Waals surface area contributed by atoms with E-state index in [-0.39, 0.29) is 12.5 Å². The molecule has 0 radical (unpaired) electrons. The Kier molecular flexibility index (Phi) is 29.1. The number of hydrogen-bond acceptors (Lipinski definition) is 6. The van der Waals surface area contributed by atoms with Crippen LogP contribution in [0.25, 0.3) is 0 Å². The number of nitrogens with one attached hydrogen (secondary N) is 1. The van der Waals surface area contributed by atoms with Crippen molar-refractivity contribution >= 4 is 13.7 Å². The maximum atomic E-state index is 12.6. The fourth-order valence-corrected chi connectivity index (χ4v) is 5.26. The van der Waals surface area contributed by atoms with E-state index in [9.17, 15) is 19.4 Å². The van der Waals surface area contributed by atoms with E-state index in [1.54, 1.807) is 6.08 Å². The van der Waals surface area contributed by atoms with Crippen LogP contribution in [0.15, 0.2) is 60.8 Å². The zero-order valence-corrected chi connectivity index (χ0v) is 31.3. The van der Waals surface area contributed by atoms with Gasteiger partial charge in [0.2, 0.25) is 5.91 Å². The van der Waals surface area contributed by atoms with Crippen molar-refractivity contribution in [2.75, 3.05) is 40.9 Å². The van der Waals surface area contributed by atoms with Crippen molar-refractivity contribution in [3.8, 4) is 0 Å². The van der Waals surface area contributed by atoms with Gasteiger partial charge in [0.15, 0.2) is 0 Å². The van der Waals surface area contributed by atoms with Crippen molar-refractivity contribution in [3.63, 3.8) is 0 Å². The van der Waals surface area contributed by atoms with Crippen LogP contribution in [-0.4, -0.2) is 68.5 Å². The van der Waals surface area contributed by atoms with E-state index in [1.165, 1.54) is 25.7 Å². The summed E-state index contributed by atoms with van der Waals surface area (Å²) in [6.07, 6.45) is 37.5. The number of likely N-dealkylation sites (N-methyl/N-ethyl adjacent to an activating group) is 1. The molecule has 3 unspecified atom stereocenters. The second-order valence-electron chi connectivity index (χ2n) is 13.2. The van der Waals surface area contributed by atoms with Crippen LogP contribution in [0.3, 0.4) is 0 Å². The SMILES string of the molecule is CC/C=C\C/C=C\C/C=C\C/C=C\CCCCCCCCCCC(=O)NC(COP(=O)([O-])OCC[N+](C)(C)C)C(O)/C=C/CCCC. The molecule has 0 fully saturated rings. The standard InChI is InChI=1S/C38H69N2O6P/c1-6-8-10-12-13-14-15-16-17-18-19-20-21-22-23-24-25-26-27-28-30-32-38(42)39-36(37(41)31-29-11-9-7-2)35-46-47(43,44)45-34-33-40(3,4)5/h8,10,13-14,16-17,19-20,29,31,36-37,41H,6-7,9,11-12,15,18,21-28,30,32-35H2,1-5H3,(H-,39,42,43,44)/b10-8-,14-13-,17-16-,20-19-,31-29+. The molecule has 0 rings (SSSR count). The fraction of sp³-hybridized carbons (Fsp3) is 0.711. The molecule has 8 nitrogen and oxygen atoms in total. The number of nitrogens with zero attached hydrogens (tertiary/aromatic N) is 1. The van der Waals surface area contributed by atoms with Gasteiger partial charge in [-0.25, -0.2) is 0 Å². The Hall–Kier alpha value is -1.80. The molecule has 0 aromatic carbocycles. The third-order valence-electron chi connectivity index (χ3n) is 7.48. The Morgan fingerprint density at radius 2 is 1.30 bits per heavy atom. The summed E-state index contributed by atoms with van der Waals surface area (Å²) in [5.74, 6) is -0.220. The van der Waals surface area contributed by atoms with Crippen LogP contribution in [-0.2, 0) is 18.4 Å². The molecule has 0 aromatic heterocycles. The van der Waals surface area contributed by atoms with Crippen molar-refractivity contribution in [2.24, 2.45) is 0 Å². The van der Waals surface area contributed by atoms with E-state index in [1.807, 2.05) is 27.2 Å². The van der Waals surface area contributed by atoms with Gasteiger partial charge in [0, 0.05) is 6.42 Å². The van der Waals surface area contributed by atoms with E-state index in [0.29, 0.717) is 17.4 Å². The van der Waals surface area contributed by atoms with Gasteiger partial charge in [-0.3, -0.25) is 9.36 Å². The first-order valence-corrected chi connectivity index (χ1v) is 19.6. The average Bonchev–Trinajstić information content (AvgIpc) is 3.01. The van der Waals surface area contributed by atoms with E-state index in [0.717, 1.165) is 77.0 Å². The molecule has 272 valence electrons. The highest BCUT2D eigenvalue weighted by Gasteiger charge is 2.23. The normalized spacial score (nSPS) is 15.5. The van der Waals surface area contributed by atoms with E-state index >= 15 is 0 Å². The number of phosphoric acid groups is 1. The average molecular weight is 681 g/mol. The van der Waals surface area contributed by atoms with Gasteiger partial charge in [0.1, 0.15) is 13.2 Å². The third kappa shape index (κ3) is 32.5. The molecule has 0 aliphatic carbocycles. The number of allylic oxidation sites excluding steroid dienone is 9. The number of amides is 1. The number of carbonyl (C=O) groups is 1. The molecule has 0 saturated carbocycles. The first-order valence-electron chi connectivity index (χ1n) is 18.2. The molecule has 3 atom stereocenters. The van der Waals surface area contributed by atoms with Crippen LogP contribution in [0.2, 0.25) is 0 Å². The highest BCUT2D eigenvalue weighted by Crippen LogP contribution is 2.38. The summed E-state index contributed by atoms with van der Waals surface area (Å²) in [6.45, 7) is 4.33. The minimum absolute atomic E-state index is 0.00713. The lowest BCUT2D eigenvalue weighted by Crippen LogP contribution is -2.45. The lowest BCUT2D eigenvalue weighted by Gasteiger charge is -2.29. The van der Waals surface area contributed by atoms with E-state index in [4.69, 9.17) is 9.05 Å². The zero-order valence-electron chi connectivity index (χ0n) is 30.5. The van der Waals surface area contributed by atoms with Crippen molar-refractivity contribution in [1.29, 1.82) is 0 Å². The molecule has 0 saturated heterocycles. The predicted octanol–water partition coefficient (Wildman–Crippen LogP) is 8.49. The summed E-state index contributed by atoms with van der Waals surface area (Å²) in [4.78, 5) is 24.9. The second kappa shape index (κ2) is 30.3. The molecule has 0 heterocycles. The number of quaternary nitrogens is 1. The van der Waals surface area contributed by atoms with Crippen LogP contribution < -0.4 is 10.2 Å². The highest BCUT2D eigenvalue weighted by molar-refractivity contribution is 7.45. The number of unbranched alkanes of at least 4 members (excludes halogenated alkanes) is 10. The van der Waals surface area contributed by atoms with E-state index in [2.05, 4.69) is 67.8 Å². The smallest absolute Gasteiger partial charge is 0.268 e. The van der Waals surface area contributed by atoms with E-state index < -0.39 is 26.6 Å². The first-order chi connectivity index (χ1) is 22.5. The molecule has 0 aliphatic heterocycles. The Labute approximate surface area is 288 Å². The molecule has 0 bridgehead atoms. The molecule has 2 N–H and O–H groups in total. The van der Waals surface area contributed by atoms with Gasteiger partial charge in [0.25, 0.3) is 7.82 Å². The zero-order chi connectivity index (χ0) is 35.1. The monoisotopic (exact) mass is 680 g/mol. The summed E-state index contributed by atoms with van der Waals surface area (Å²) in [6, 6.07) is -0.888. The summed E-state index contributed by atoms with van der Waals surface area (Å²) in [5, 5.41) is 13.4. The van der Waals surface area contributed by atoms with Crippen LogP contribution in [0, 0.1) is 0 Å². The molecule has 9 heteroatoms. The minimum Gasteiger partial charge on any atom is -0.756 e. The largest absolute Gasteiger partial charge is 0.756 e. The Balaban J connectivity index is 4.18. The molecule has 1 amide bonds. The van der Waals surface area contributed by atoms with Crippen LogP contribution >= 0.6 is 7.82 Å². The summed E-state index contributed by atoms with van der Waals surface area (Å²) >= 11 is 0. The Bertz CT molecular complexity index is 954. The number of phosphoric ester groups is 1. The Morgan fingerprint density at radius 1 is 0.766 bits per heavy atom. The molecule has 0 spiro atoms. The summed E-state index contributed by atoms with van der Waals surface area (Å²) in [7, 11) is 1.23. The van der Waals surface area contributed by atoms with Gasteiger partial charge in [-0.2, -0.15) is 0 Å². The minimum atomic E-state index is -4.57. The molecule has 47 heavy (non-hydrogen) atoms. The number of rotatable bonds is 31. The topological polar surface area (TPSA) is 108 Å². The van der Waals surface area contributed by atoms with Gasteiger partial charge < -0.3 is 28.8 Å². The van der Waals surface area contributed by atoms with Gasteiger partial charge in [0.05, 0.1) is 39.9 Å². The number of hydrogen-bond donors (Lipinski definition) is 2. The number of aliphatic hydroxyl groups excluding tert-OH is 1. The second-order valence-corrected chi connectivity index (χ2v) is 14.6. The van der Waals surface area contributed by atoms with Crippen LogP contribution in [0.5, 0.6) is 0 Å². The van der Waals surface area contributed by atoms with Crippen LogP contribution in [0.4, 0.5) is 0 Å². The van der Waals surface area contributed by atoms with Gasteiger partial charge >= 0.3 is 0 Å². The Morgan fingerprint density at radius 3 is 1.87 bits per heavy atom. The highest BCUT2D eigenvalue weighted by atomic mass is 31.2. The molecular weight excluding hydrogens is 611 g/mol. The molecule has 0 aliphatic rings. The molecular formula is C38H69N2O6P.